The number of benzene rings is 1. The fourth-order valence-electron chi connectivity index (χ4n) is 3.74. The first kappa shape index (κ1) is 16.9. The highest BCUT2D eigenvalue weighted by Crippen LogP contribution is 2.34. The van der Waals surface area contributed by atoms with Crippen LogP contribution in [-0.2, 0) is 11.2 Å². The second-order valence-corrected chi connectivity index (χ2v) is 7.74. The normalized spacial score (nSPS) is 24.0. The van der Waals surface area contributed by atoms with Crippen LogP contribution in [-0.4, -0.2) is 34.5 Å². The maximum atomic E-state index is 13.5. The Balaban J connectivity index is 1.88. The molecule has 24 heavy (non-hydrogen) atoms. The zero-order valence-corrected chi connectivity index (χ0v) is 14.5. The monoisotopic (exact) mass is 333 g/mol. The van der Waals surface area contributed by atoms with Crippen LogP contribution in [0.15, 0.2) is 18.2 Å². The number of ether oxygens (including phenoxy) is 1. The molecule has 3 rings (SSSR count). The van der Waals surface area contributed by atoms with E-state index in [1.165, 1.54) is 12.1 Å². The number of nitrogens with zero attached hydrogens (tertiary/aromatic N) is 1. The van der Waals surface area contributed by atoms with Crippen LogP contribution in [0.5, 0.6) is 0 Å². The van der Waals surface area contributed by atoms with E-state index >= 15 is 0 Å². The molecule has 5 heteroatoms. The SMILES string of the molecule is CC(C)(C)OC(=O)N1[C@@H]2CCc3cc(F)ccc3C(=O)C[C@H]1CC2. The molecule has 1 aromatic carbocycles. The van der Waals surface area contributed by atoms with Crippen LogP contribution in [0.1, 0.15) is 62.4 Å². The molecule has 0 aliphatic carbocycles. The van der Waals surface area contributed by atoms with E-state index in [4.69, 9.17) is 4.74 Å². The van der Waals surface area contributed by atoms with Gasteiger partial charge in [0.25, 0.3) is 0 Å². The quantitative estimate of drug-likeness (QED) is 0.718. The second-order valence-electron chi connectivity index (χ2n) is 7.74. The molecule has 0 radical (unpaired) electrons. The molecule has 2 atom stereocenters. The van der Waals surface area contributed by atoms with Crippen molar-refractivity contribution in [3.8, 4) is 0 Å². The fourth-order valence-corrected chi connectivity index (χ4v) is 3.74. The van der Waals surface area contributed by atoms with Gasteiger partial charge in [-0.05, 0) is 70.2 Å². The lowest BCUT2D eigenvalue weighted by molar-refractivity contribution is 0.0138. The largest absolute Gasteiger partial charge is 0.444 e. The molecule has 2 heterocycles. The topological polar surface area (TPSA) is 46.6 Å². The van der Waals surface area contributed by atoms with E-state index in [1.54, 1.807) is 11.0 Å². The molecule has 0 unspecified atom stereocenters. The predicted molar refractivity (Wildman–Crippen MR) is 88.6 cm³/mol. The summed E-state index contributed by atoms with van der Waals surface area (Å²) in [6, 6.07) is 4.27. The molecule has 1 fully saturated rings. The van der Waals surface area contributed by atoms with Crippen LogP contribution in [0.2, 0.25) is 0 Å². The van der Waals surface area contributed by atoms with Gasteiger partial charge in [-0.1, -0.05) is 0 Å². The minimum Gasteiger partial charge on any atom is -0.444 e. The first-order valence-corrected chi connectivity index (χ1v) is 8.57. The molecular weight excluding hydrogens is 309 g/mol. The van der Waals surface area contributed by atoms with E-state index in [9.17, 15) is 14.0 Å². The van der Waals surface area contributed by atoms with Gasteiger partial charge in [0.1, 0.15) is 11.4 Å². The molecule has 2 aliphatic heterocycles. The third-order valence-electron chi connectivity index (χ3n) is 4.76. The summed E-state index contributed by atoms with van der Waals surface area (Å²) < 4.78 is 19.1. The van der Waals surface area contributed by atoms with Crippen LogP contribution in [0.25, 0.3) is 0 Å². The van der Waals surface area contributed by atoms with Crippen molar-refractivity contribution in [3.05, 3.63) is 35.1 Å². The van der Waals surface area contributed by atoms with Crippen LogP contribution in [0.3, 0.4) is 0 Å². The Kier molecular flexibility index (Phi) is 4.37. The summed E-state index contributed by atoms with van der Waals surface area (Å²) in [7, 11) is 0. The Morgan fingerprint density at radius 1 is 1.21 bits per heavy atom. The van der Waals surface area contributed by atoms with E-state index in [1.807, 2.05) is 20.8 Å². The van der Waals surface area contributed by atoms with Crippen molar-refractivity contribution in [1.29, 1.82) is 0 Å². The molecule has 2 bridgehead atoms. The zero-order valence-electron chi connectivity index (χ0n) is 14.5. The van der Waals surface area contributed by atoms with Gasteiger partial charge in [-0.25, -0.2) is 9.18 Å². The lowest BCUT2D eigenvalue weighted by Crippen LogP contribution is -2.44. The standard InChI is InChI=1S/C19H24FNO3/c1-19(2,3)24-18(23)21-14-6-4-12-10-13(20)5-9-16(12)17(22)11-15(21)8-7-14/h5,9-10,14-15H,4,6-8,11H2,1-3H3/t14-,15-/m1/s1. The molecule has 2 aliphatic rings. The van der Waals surface area contributed by atoms with Crippen molar-refractivity contribution in [2.45, 2.75) is 70.6 Å². The summed E-state index contributed by atoms with van der Waals surface area (Å²) in [6.45, 7) is 5.52. The van der Waals surface area contributed by atoms with Crippen molar-refractivity contribution in [3.63, 3.8) is 0 Å². The maximum Gasteiger partial charge on any atom is 0.410 e. The Labute approximate surface area is 142 Å². The van der Waals surface area contributed by atoms with E-state index < -0.39 is 5.60 Å². The highest BCUT2D eigenvalue weighted by molar-refractivity contribution is 5.98. The van der Waals surface area contributed by atoms with Crippen LogP contribution in [0, 0.1) is 5.82 Å². The third kappa shape index (κ3) is 3.45. The number of Topliss-reactive ketones (excluding diaryl/α,β-unsaturated/α-hetero) is 1. The average molecular weight is 333 g/mol. The number of ketones is 1. The Bertz CT molecular complexity index is 665. The number of hydrogen-bond acceptors (Lipinski definition) is 3. The van der Waals surface area contributed by atoms with E-state index in [0.717, 1.165) is 24.8 Å². The van der Waals surface area contributed by atoms with Gasteiger partial charge in [0.2, 0.25) is 0 Å². The van der Waals surface area contributed by atoms with Crippen molar-refractivity contribution in [2.75, 3.05) is 0 Å². The molecule has 1 saturated heterocycles. The highest BCUT2D eigenvalue weighted by Gasteiger charge is 2.41. The summed E-state index contributed by atoms with van der Waals surface area (Å²) in [4.78, 5) is 27.0. The first-order valence-electron chi connectivity index (χ1n) is 8.57. The van der Waals surface area contributed by atoms with Crippen molar-refractivity contribution in [1.82, 2.24) is 4.90 Å². The summed E-state index contributed by atoms with van der Waals surface area (Å²) in [6.07, 6.45) is 2.91. The average Bonchev–Trinajstić information content (AvgIpc) is 2.87. The zero-order chi connectivity index (χ0) is 17.5. The van der Waals surface area contributed by atoms with Gasteiger partial charge >= 0.3 is 6.09 Å². The van der Waals surface area contributed by atoms with E-state index in [0.29, 0.717) is 12.0 Å². The van der Waals surface area contributed by atoms with Crippen LogP contribution < -0.4 is 0 Å². The molecular formula is C19H24FNO3. The predicted octanol–water partition coefficient (Wildman–Crippen LogP) is 4.11. The molecule has 1 aromatic rings. The number of carbonyl (C=O) groups is 2. The van der Waals surface area contributed by atoms with E-state index in [2.05, 4.69) is 0 Å². The van der Waals surface area contributed by atoms with Crippen molar-refractivity contribution >= 4 is 11.9 Å². The molecule has 0 N–H and O–H groups in total. The Morgan fingerprint density at radius 2 is 1.92 bits per heavy atom. The summed E-state index contributed by atoms with van der Waals surface area (Å²) in [5.41, 5.74) is 0.773. The molecule has 130 valence electrons. The summed E-state index contributed by atoms with van der Waals surface area (Å²) >= 11 is 0. The second kappa shape index (κ2) is 6.19. The summed E-state index contributed by atoms with van der Waals surface area (Å²) in [5.74, 6) is -0.346. The molecule has 4 nitrogen and oxygen atoms in total. The van der Waals surface area contributed by atoms with Crippen molar-refractivity contribution < 1.29 is 18.7 Å². The molecule has 0 saturated carbocycles. The number of aryl methyl sites for hydroxylation is 1. The minimum atomic E-state index is -0.564. The van der Waals surface area contributed by atoms with Crippen LogP contribution >= 0.6 is 0 Å². The van der Waals surface area contributed by atoms with Crippen LogP contribution in [0.4, 0.5) is 9.18 Å². The van der Waals surface area contributed by atoms with E-state index in [-0.39, 0.29) is 36.2 Å². The van der Waals surface area contributed by atoms with Gasteiger partial charge in [0, 0.05) is 24.1 Å². The number of carbonyl (C=O) groups excluding carboxylic acids is 2. The lowest BCUT2D eigenvalue weighted by Gasteiger charge is -2.32. The number of hydrogen-bond donors (Lipinski definition) is 0. The van der Waals surface area contributed by atoms with Gasteiger partial charge in [-0.15, -0.1) is 0 Å². The molecule has 0 aromatic heterocycles. The smallest absolute Gasteiger partial charge is 0.410 e. The molecule has 1 amide bonds. The third-order valence-corrected chi connectivity index (χ3v) is 4.76. The van der Waals surface area contributed by atoms with Gasteiger partial charge < -0.3 is 9.64 Å². The van der Waals surface area contributed by atoms with Gasteiger partial charge in [0.05, 0.1) is 0 Å². The Hall–Kier alpha value is -1.91. The maximum absolute atomic E-state index is 13.5. The number of rotatable bonds is 0. The van der Waals surface area contributed by atoms with Crippen molar-refractivity contribution in [2.24, 2.45) is 0 Å². The minimum absolute atomic E-state index is 0.0221. The Morgan fingerprint density at radius 3 is 2.62 bits per heavy atom. The molecule has 0 spiro atoms. The fraction of sp³-hybridized carbons (Fsp3) is 0.579. The summed E-state index contributed by atoms with van der Waals surface area (Å²) in [5, 5.41) is 0. The van der Waals surface area contributed by atoms with Gasteiger partial charge in [0.15, 0.2) is 5.78 Å². The number of amides is 1. The number of halogens is 1. The van der Waals surface area contributed by atoms with Gasteiger partial charge in [-0.3, -0.25) is 4.79 Å². The first-order chi connectivity index (χ1) is 11.2. The lowest BCUT2D eigenvalue weighted by atomic mass is 9.93. The highest BCUT2D eigenvalue weighted by atomic mass is 19.1. The number of fused-ring (bicyclic) bond motifs is 3. The van der Waals surface area contributed by atoms with Gasteiger partial charge in [-0.2, -0.15) is 0 Å².